The smallest absolute Gasteiger partial charge is 0.293 e. The molecule has 6 rings (SSSR count). The number of thioether (sulfide) groups is 1. The molecule has 0 saturated carbocycles. The molecule has 0 aromatic heterocycles. The predicted molar refractivity (Wildman–Crippen MR) is 196 cm³/mol. The number of hydrogen-bond acceptors (Lipinski definition) is 9. The summed E-state index contributed by atoms with van der Waals surface area (Å²) in [5.74, 6) is -0.127. The number of benzene rings is 4. The van der Waals surface area contributed by atoms with E-state index in [2.05, 4.69) is 54.0 Å². The highest BCUT2D eigenvalue weighted by atomic mass is 79.9. The number of piperazine rings is 1. The monoisotopic (exact) mass is 771 g/mol. The van der Waals surface area contributed by atoms with E-state index in [1.54, 1.807) is 23.9 Å². The molecule has 4 aromatic carbocycles. The van der Waals surface area contributed by atoms with Crippen LogP contribution in [0.25, 0.3) is 0 Å². The summed E-state index contributed by atoms with van der Waals surface area (Å²) in [6.45, 7) is 4.02. The zero-order valence-corrected chi connectivity index (χ0v) is 29.9. The van der Waals surface area contributed by atoms with Crippen molar-refractivity contribution in [3.8, 4) is 0 Å². The Morgan fingerprint density at radius 1 is 1.00 bits per heavy atom. The maximum absolute atomic E-state index is 13.2. The Morgan fingerprint density at radius 3 is 2.54 bits per heavy atom. The number of halogens is 2. The molecule has 48 heavy (non-hydrogen) atoms. The Bertz CT molecular complexity index is 1900. The predicted octanol–water partition coefficient (Wildman–Crippen LogP) is 6.74. The van der Waals surface area contributed by atoms with Crippen LogP contribution in [0.4, 0.5) is 17.1 Å². The number of nitro groups is 1. The number of carbonyl (C=O) groups excluding carboxylic acids is 1. The van der Waals surface area contributed by atoms with E-state index in [1.807, 2.05) is 42.5 Å². The Hall–Kier alpha value is -3.62. The number of nitrogens with one attached hydrogen (secondary N) is 2. The summed E-state index contributed by atoms with van der Waals surface area (Å²) < 4.78 is 29.6. The molecule has 252 valence electrons. The lowest BCUT2D eigenvalue weighted by atomic mass is 9.92. The summed E-state index contributed by atoms with van der Waals surface area (Å²) in [7, 11) is -4.37. The normalized spacial score (nSPS) is 15.9. The summed E-state index contributed by atoms with van der Waals surface area (Å²) in [5.41, 5.74) is 3.38. The quantitative estimate of drug-likeness (QED) is 0.0739. The van der Waals surface area contributed by atoms with Crippen molar-refractivity contribution < 1.29 is 18.1 Å². The van der Waals surface area contributed by atoms with Crippen molar-refractivity contribution in [1.82, 2.24) is 9.62 Å². The van der Waals surface area contributed by atoms with Crippen LogP contribution in [0.2, 0.25) is 0 Å². The molecule has 1 fully saturated rings. The van der Waals surface area contributed by atoms with Crippen molar-refractivity contribution in [2.75, 3.05) is 42.1 Å². The van der Waals surface area contributed by atoms with Crippen molar-refractivity contribution in [1.29, 1.82) is 0 Å². The maximum Gasteiger partial charge on any atom is 0.293 e. The fourth-order valence-electron chi connectivity index (χ4n) is 6.11. The number of anilines is 2. The molecular formula is C34H35BrClN5O5S2. The fraction of sp³-hybridized carbons (Fsp3) is 0.265. The SMILES string of the molecule is Cl.O=C(NS(=O)(=O)c1ccc(NCCSc2ccccc2)c([N+](=O)[O-])c1)c1ccc2c(c1)CC[C@@H]1CN(Cc3ccccc3Br)CCN21. The molecule has 1 saturated heterocycles. The van der Waals surface area contributed by atoms with Gasteiger partial charge in [0.1, 0.15) is 5.69 Å². The van der Waals surface area contributed by atoms with Crippen LogP contribution in [0.3, 0.4) is 0 Å². The Labute approximate surface area is 299 Å². The fourth-order valence-corrected chi connectivity index (χ4v) is 8.31. The third-order valence-corrected chi connectivity index (χ3v) is 11.6. The van der Waals surface area contributed by atoms with Gasteiger partial charge in [-0.15, -0.1) is 24.2 Å². The van der Waals surface area contributed by atoms with Crippen LogP contribution in [-0.4, -0.2) is 62.1 Å². The number of rotatable bonds is 11. The van der Waals surface area contributed by atoms with Gasteiger partial charge < -0.3 is 10.2 Å². The highest BCUT2D eigenvalue weighted by Gasteiger charge is 2.32. The Balaban J connectivity index is 0.00000451. The van der Waals surface area contributed by atoms with Crippen LogP contribution in [0.15, 0.2) is 105 Å². The zero-order chi connectivity index (χ0) is 33.0. The molecule has 1 amide bonds. The van der Waals surface area contributed by atoms with Gasteiger partial charge in [-0.05, 0) is 72.5 Å². The Kier molecular flexibility index (Phi) is 11.7. The molecule has 0 unspecified atom stereocenters. The van der Waals surface area contributed by atoms with E-state index in [-0.39, 0.29) is 34.2 Å². The number of amides is 1. The van der Waals surface area contributed by atoms with Gasteiger partial charge in [0.2, 0.25) is 0 Å². The lowest BCUT2D eigenvalue weighted by Crippen LogP contribution is -2.54. The molecule has 2 heterocycles. The van der Waals surface area contributed by atoms with Crippen LogP contribution >= 0.6 is 40.1 Å². The number of aryl methyl sites for hydroxylation is 1. The molecule has 2 aliphatic heterocycles. The van der Waals surface area contributed by atoms with Crippen LogP contribution in [0.1, 0.15) is 27.9 Å². The van der Waals surface area contributed by atoms with E-state index in [1.165, 1.54) is 17.7 Å². The minimum atomic E-state index is -4.37. The molecule has 4 aromatic rings. The standard InChI is InChI=1S/C34H34BrN5O5S2.ClH/c35-30-9-5-4-6-26(30)22-38-17-18-39-27(23-38)12-10-24-20-25(11-15-32(24)39)34(41)37-47(44,45)29-13-14-31(33(21-29)40(42)43)36-16-19-46-28-7-2-1-3-8-28;/h1-9,11,13-15,20-21,27,36H,10,12,16-19,22-23H2,(H,37,41);1H/t27-;/m1./s1. The second-order valence-electron chi connectivity index (χ2n) is 11.5. The second kappa shape index (κ2) is 15.7. The van der Waals surface area contributed by atoms with Gasteiger partial charge in [0.05, 0.1) is 9.82 Å². The summed E-state index contributed by atoms with van der Waals surface area (Å²) >= 11 is 5.25. The van der Waals surface area contributed by atoms with Crippen molar-refractivity contribution in [2.45, 2.75) is 35.2 Å². The van der Waals surface area contributed by atoms with E-state index in [4.69, 9.17) is 0 Å². The first-order chi connectivity index (χ1) is 22.7. The van der Waals surface area contributed by atoms with Gasteiger partial charge in [0.25, 0.3) is 21.6 Å². The van der Waals surface area contributed by atoms with Crippen LogP contribution in [0, 0.1) is 10.1 Å². The minimum absolute atomic E-state index is 0. The summed E-state index contributed by atoms with van der Waals surface area (Å²) in [6, 6.07) is 27.3. The summed E-state index contributed by atoms with van der Waals surface area (Å²) in [4.78, 5) is 29.9. The number of carbonyl (C=O) groups is 1. The van der Waals surface area contributed by atoms with Crippen LogP contribution < -0.4 is 14.9 Å². The first kappa shape index (κ1) is 35.7. The van der Waals surface area contributed by atoms with Gasteiger partial charge >= 0.3 is 0 Å². The molecule has 2 aliphatic rings. The molecule has 0 aliphatic carbocycles. The van der Waals surface area contributed by atoms with Gasteiger partial charge in [-0.2, -0.15) is 0 Å². The largest absolute Gasteiger partial charge is 0.379 e. The van der Waals surface area contributed by atoms with Crippen molar-refractivity contribution >= 4 is 73.1 Å². The topological polar surface area (TPSA) is 125 Å². The zero-order valence-electron chi connectivity index (χ0n) is 25.9. The number of fused-ring (bicyclic) bond motifs is 3. The van der Waals surface area contributed by atoms with Gasteiger partial charge in [-0.3, -0.25) is 19.8 Å². The van der Waals surface area contributed by atoms with Gasteiger partial charge in [0.15, 0.2) is 0 Å². The maximum atomic E-state index is 13.2. The lowest BCUT2D eigenvalue weighted by Gasteiger charge is -2.46. The number of sulfonamides is 1. The van der Waals surface area contributed by atoms with E-state index < -0.39 is 20.9 Å². The van der Waals surface area contributed by atoms with E-state index in [0.29, 0.717) is 18.3 Å². The summed E-state index contributed by atoms with van der Waals surface area (Å²) in [5, 5.41) is 14.8. The molecule has 14 heteroatoms. The third-order valence-electron chi connectivity index (χ3n) is 8.45. The van der Waals surface area contributed by atoms with Gasteiger partial charge in [0, 0.05) is 71.2 Å². The Morgan fingerprint density at radius 2 is 1.77 bits per heavy atom. The molecular weight excluding hydrogens is 738 g/mol. The van der Waals surface area contributed by atoms with Crippen LogP contribution in [0.5, 0.6) is 0 Å². The highest BCUT2D eigenvalue weighted by molar-refractivity contribution is 9.10. The molecule has 1 atom stereocenters. The summed E-state index contributed by atoms with van der Waals surface area (Å²) in [6.07, 6.45) is 1.70. The minimum Gasteiger partial charge on any atom is -0.379 e. The molecule has 0 spiro atoms. The number of nitro benzene ring substituents is 1. The van der Waals surface area contributed by atoms with Crippen molar-refractivity contribution in [3.63, 3.8) is 0 Å². The first-order valence-electron chi connectivity index (χ1n) is 15.3. The third kappa shape index (κ3) is 8.32. The molecule has 10 nitrogen and oxygen atoms in total. The van der Waals surface area contributed by atoms with E-state index in [9.17, 15) is 23.3 Å². The number of nitrogens with zero attached hydrogens (tertiary/aromatic N) is 3. The van der Waals surface area contributed by atoms with E-state index in [0.717, 1.165) is 65.7 Å². The van der Waals surface area contributed by atoms with E-state index >= 15 is 0 Å². The molecule has 2 N–H and O–H groups in total. The number of hydrogen-bond donors (Lipinski definition) is 2. The van der Waals surface area contributed by atoms with Gasteiger partial charge in [-0.25, -0.2) is 13.1 Å². The lowest BCUT2D eigenvalue weighted by molar-refractivity contribution is -0.384. The average molecular weight is 773 g/mol. The van der Waals surface area contributed by atoms with Crippen molar-refractivity contribution in [2.24, 2.45) is 0 Å². The average Bonchev–Trinajstić information content (AvgIpc) is 3.07. The second-order valence-corrected chi connectivity index (χ2v) is 15.2. The highest BCUT2D eigenvalue weighted by Crippen LogP contribution is 2.34. The molecule has 0 bridgehead atoms. The molecule has 0 radical (unpaired) electrons. The van der Waals surface area contributed by atoms with Crippen LogP contribution in [-0.2, 0) is 23.0 Å². The van der Waals surface area contributed by atoms with Gasteiger partial charge in [-0.1, -0.05) is 52.3 Å². The first-order valence-corrected chi connectivity index (χ1v) is 18.6. The van der Waals surface area contributed by atoms with Crippen molar-refractivity contribution in [3.05, 3.63) is 122 Å².